The van der Waals surface area contributed by atoms with Crippen LogP contribution in [0.3, 0.4) is 0 Å². The van der Waals surface area contributed by atoms with Gasteiger partial charge in [0.15, 0.2) is 38.1 Å². The summed E-state index contributed by atoms with van der Waals surface area (Å²) in [6.45, 7) is 9.62. The standard InChI is InChI=1S/C17H11Cl2F3O5.C15H22ClNO2.C14H13NO7S.C11H11Cl2NO2.C3H8NO5P/c1-8(15(23)24)26-16(25)11-7-10(3-4-12(11)18)27-14-5-2-9(6-13(14)19)17(20,21)22;1-5-13-8-6-7-11(2)15(13)17(14(18)9-16)12(3)10-19-4;1-23(21,22)8-5-6-9(10(7-8)15(19)20)14(18)13-11(16)3-2-4-12(13)17;1-7-6-16-9-5-3-2-4-8(9)14(7)11(15)10(12)13;5-3(6)1-4-2-10(7,8)9/h2-8H,1H3,(H,23,24);6-8,12H,5,9-10H2,1-4H3;5-7,13H,2-4H2,1H3;2-5,7,10H,6H2,1H3;4H,1-2H2,(H,5,6)(H2,7,8,9)/t8-;;;;/m0..../s1. The molecular formula is C60H65Cl5F3N4O21PS. The molecule has 3 atom stereocenters. The molecular weight excluding hydrogens is 1410 g/mol. The van der Waals surface area contributed by atoms with Crippen molar-refractivity contribution in [2.24, 2.45) is 5.92 Å². The molecule has 95 heavy (non-hydrogen) atoms. The summed E-state index contributed by atoms with van der Waals surface area (Å²) >= 11 is 28.7. The van der Waals surface area contributed by atoms with E-state index in [2.05, 4.69) is 18.3 Å². The van der Waals surface area contributed by atoms with Crippen LogP contribution in [0.15, 0.2) is 102 Å². The van der Waals surface area contributed by atoms with Gasteiger partial charge in [0.25, 0.3) is 11.6 Å². The number of aryl methyl sites for hydroxylation is 2. The molecule has 0 spiro atoms. The van der Waals surface area contributed by atoms with Crippen LogP contribution in [0.2, 0.25) is 10.0 Å². The first-order valence-corrected chi connectivity index (χ1v) is 33.7. The van der Waals surface area contributed by atoms with Crippen molar-refractivity contribution in [3.05, 3.63) is 145 Å². The number of esters is 1. The van der Waals surface area contributed by atoms with Gasteiger partial charge in [0.2, 0.25) is 5.91 Å². The molecule has 1 saturated carbocycles. The Hall–Kier alpha value is -7.28. The molecule has 1 fully saturated rings. The predicted octanol–water partition coefficient (Wildman–Crippen LogP) is 11.1. The number of para-hydroxylation sites is 3. The Morgan fingerprint density at radius 2 is 1.54 bits per heavy atom. The second-order valence-corrected chi connectivity index (χ2v) is 26.3. The minimum atomic E-state index is -4.56. The number of benzene rings is 5. The van der Waals surface area contributed by atoms with E-state index in [1.54, 1.807) is 16.9 Å². The molecule has 0 aromatic heterocycles. The third-order valence-corrected chi connectivity index (χ3v) is 16.1. The van der Waals surface area contributed by atoms with E-state index in [4.69, 9.17) is 97.0 Å². The van der Waals surface area contributed by atoms with E-state index in [0.717, 1.165) is 78.5 Å². The molecule has 2 aliphatic rings. The molecule has 25 nitrogen and oxygen atoms in total. The van der Waals surface area contributed by atoms with E-state index >= 15 is 0 Å². The topological polar surface area (TPSA) is 367 Å². The average molecular weight is 1480 g/mol. The fourth-order valence-corrected chi connectivity index (χ4v) is 10.5. The first-order chi connectivity index (χ1) is 44.2. The number of fused-ring (bicyclic) bond motifs is 1. The third-order valence-electron chi connectivity index (χ3n) is 13.1. The third kappa shape index (κ3) is 25.0. The first-order valence-electron chi connectivity index (χ1n) is 27.8. The smallest absolute Gasteiger partial charge is 0.416 e. The number of nitro groups is 1. The summed E-state index contributed by atoms with van der Waals surface area (Å²) in [6, 6.07) is 22.4. The molecule has 5 N–H and O–H groups in total. The number of carboxylic acid groups (broad SMARTS) is 2. The number of alkyl halides is 6. The number of Topliss-reactive ketones (excluding diaryl/α,β-unsaturated/α-hetero) is 3. The maximum atomic E-state index is 12.7. The summed E-state index contributed by atoms with van der Waals surface area (Å²) in [5.41, 5.74) is 1.65. The molecule has 0 radical (unpaired) electrons. The quantitative estimate of drug-likeness (QED) is 0.00919. The van der Waals surface area contributed by atoms with Gasteiger partial charge in [-0.25, -0.2) is 18.0 Å². The number of nitrogens with zero attached hydrogens (tertiary/aromatic N) is 3. The normalized spacial score (nSPS) is 14.4. The molecule has 2 unspecified atom stereocenters. The molecule has 1 aliphatic carbocycles. The number of carbonyl (C=O) groups is 8. The van der Waals surface area contributed by atoms with Crippen molar-refractivity contribution in [1.82, 2.24) is 5.32 Å². The number of carbonyl (C=O) groups excluding carboxylic acids is 6. The Bertz CT molecular complexity index is 3770. The van der Waals surface area contributed by atoms with E-state index in [9.17, 15) is 74.6 Å². The van der Waals surface area contributed by atoms with Gasteiger partial charge in [-0.05, 0) is 112 Å². The van der Waals surface area contributed by atoms with Gasteiger partial charge in [0.05, 0.1) is 79.5 Å². The summed E-state index contributed by atoms with van der Waals surface area (Å²) in [5, 5.41) is 29.7. The van der Waals surface area contributed by atoms with Gasteiger partial charge >= 0.3 is 31.7 Å². The van der Waals surface area contributed by atoms with Crippen LogP contribution in [0.5, 0.6) is 17.2 Å². The number of rotatable bonds is 20. The van der Waals surface area contributed by atoms with Crippen molar-refractivity contribution >= 4 is 140 Å². The van der Waals surface area contributed by atoms with E-state index in [-0.39, 0.29) is 74.6 Å². The van der Waals surface area contributed by atoms with Crippen molar-refractivity contribution < 1.29 is 108 Å². The zero-order valence-corrected chi connectivity index (χ0v) is 56.9. The van der Waals surface area contributed by atoms with Gasteiger partial charge in [-0.2, -0.15) is 13.2 Å². The molecule has 1 aliphatic heterocycles. The SMILES string of the molecule is CC1COc2ccccc2N1C(=O)C(Cl)Cl.CCc1cccc(C)c1N(C(=O)CCl)C(C)COC.CS(=O)(=O)c1ccc(C(=O)C2C(=O)CCCC2=O)c([N+](=O)[O-])c1.C[C@H](OC(=O)c1cc(Oc2ccc(C(F)(F)F)cc2Cl)ccc1Cl)C(=O)O.O=C(O)CNCP(=O)(O)O. The summed E-state index contributed by atoms with van der Waals surface area (Å²) in [4.78, 5) is 121. The Morgan fingerprint density at radius 1 is 0.905 bits per heavy atom. The molecule has 5 aromatic carbocycles. The second-order valence-electron chi connectivity index (χ2n) is 20.5. The fourth-order valence-electron chi connectivity index (χ4n) is 8.71. The number of aliphatic carboxylic acids is 2. The van der Waals surface area contributed by atoms with Crippen molar-refractivity contribution in [2.45, 2.75) is 94.4 Å². The highest BCUT2D eigenvalue weighted by Gasteiger charge is 2.40. The zero-order chi connectivity index (χ0) is 72.0. The molecule has 1 heterocycles. The van der Waals surface area contributed by atoms with Crippen molar-refractivity contribution in [2.75, 3.05) is 55.1 Å². The van der Waals surface area contributed by atoms with Crippen LogP contribution in [0.25, 0.3) is 0 Å². The fraction of sp³-hybridized carbons (Fsp3) is 0.367. The Balaban J connectivity index is 0.000000319. The summed E-state index contributed by atoms with van der Waals surface area (Å²) < 4.78 is 91.8. The van der Waals surface area contributed by atoms with Crippen LogP contribution >= 0.6 is 65.6 Å². The first kappa shape index (κ1) is 82.0. The van der Waals surface area contributed by atoms with E-state index in [0.29, 0.717) is 31.5 Å². The number of nitro benzene ring substituents is 1. The molecule has 0 bridgehead atoms. The maximum Gasteiger partial charge on any atom is 0.416 e. The number of amides is 2. The highest BCUT2D eigenvalue weighted by Crippen LogP contribution is 2.39. The number of ether oxygens (including phenoxy) is 4. The Morgan fingerprint density at radius 3 is 2.06 bits per heavy atom. The van der Waals surface area contributed by atoms with Crippen LogP contribution in [0, 0.1) is 23.0 Å². The van der Waals surface area contributed by atoms with Crippen LogP contribution in [-0.2, 0) is 65.2 Å². The van der Waals surface area contributed by atoms with Crippen molar-refractivity contribution in [1.29, 1.82) is 0 Å². The molecule has 35 heteroatoms. The number of halogens is 8. The second kappa shape index (κ2) is 37.3. The van der Waals surface area contributed by atoms with E-state index < -0.39 is 110 Å². The number of carboxylic acids is 2. The number of sulfone groups is 1. The number of ketones is 3. The lowest BCUT2D eigenvalue weighted by molar-refractivity contribution is -0.385. The Kier molecular flexibility index (Phi) is 32.2. The monoisotopic (exact) mass is 1470 g/mol. The van der Waals surface area contributed by atoms with Gasteiger partial charge in [0.1, 0.15) is 35.7 Å². The van der Waals surface area contributed by atoms with Crippen LogP contribution in [0.4, 0.5) is 30.2 Å². The maximum absolute atomic E-state index is 12.7. The molecule has 518 valence electrons. The summed E-state index contributed by atoms with van der Waals surface area (Å²) in [7, 11) is -6.16. The molecule has 2 amide bonds. The van der Waals surface area contributed by atoms with Gasteiger partial charge in [0, 0.05) is 32.3 Å². The summed E-state index contributed by atoms with van der Waals surface area (Å²) in [5.74, 6) is -6.88. The van der Waals surface area contributed by atoms with Crippen molar-refractivity contribution in [3.63, 3.8) is 0 Å². The lowest BCUT2D eigenvalue weighted by Crippen LogP contribution is -2.47. The Labute approximate surface area is 567 Å². The van der Waals surface area contributed by atoms with Crippen LogP contribution in [-0.4, -0.2) is 149 Å². The highest BCUT2D eigenvalue weighted by molar-refractivity contribution is 7.90. The molecule has 5 aromatic rings. The van der Waals surface area contributed by atoms with Gasteiger partial charge < -0.3 is 48.7 Å². The largest absolute Gasteiger partial charge is 0.489 e. The lowest BCUT2D eigenvalue weighted by atomic mass is 9.81. The number of anilines is 2. The van der Waals surface area contributed by atoms with Gasteiger partial charge in [-0.15, -0.1) is 11.6 Å². The highest BCUT2D eigenvalue weighted by atomic mass is 35.5. The minimum absolute atomic E-state index is 0.0223. The van der Waals surface area contributed by atoms with Crippen LogP contribution in [0.1, 0.15) is 84.4 Å². The lowest BCUT2D eigenvalue weighted by Gasteiger charge is -2.35. The van der Waals surface area contributed by atoms with Crippen LogP contribution < -0.4 is 24.6 Å². The number of hydrogen-bond donors (Lipinski definition) is 5. The van der Waals surface area contributed by atoms with Gasteiger partial charge in [-0.1, -0.05) is 83.7 Å². The number of nitrogens with one attached hydrogen (secondary N) is 1. The van der Waals surface area contributed by atoms with E-state index in [1.165, 1.54) is 12.1 Å². The number of hydrogen-bond acceptors (Lipinski definition) is 18. The molecule has 0 saturated heterocycles. The number of methoxy groups -OCH3 is 1. The minimum Gasteiger partial charge on any atom is -0.489 e. The predicted molar refractivity (Wildman–Crippen MR) is 345 cm³/mol. The van der Waals surface area contributed by atoms with E-state index in [1.807, 2.05) is 57.2 Å². The van der Waals surface area contributed by atoms with Crippen molar-refractivity contribution in [3.8, 4) is 17.2 Å². The van der Waals surface area contributed by atoms with Gasteiger partial charge in [-0.3, -0.25) is 48.8 Å². The zero-order valence-electron chi connectivity index (χ0n) is 51.4. The molecule has 7 rings (SSSR count). The summed E-state index contributed by atoms with van der Waals surface area (Å²) in [6.07, 6.45) is -4.31. The average Bonchev–Trinajstić information content (AvgIpc) is 0.821.